The number of carbonyl (C=O) groups is 2. The molecule has 1 spiro atoms. The third-order valence-corrected chi connectivity index (χ3v) is 8.58. The quantitative estimate of drug-likeness (QED) is 0.461. The van der Waals surface area contributed by atoms with Gasteiger partial charge in [0.15, 0.2) is 0 Å². The third kappa shape index (κ3) is 6.80. The Balaban J connectivity index is 1.36. The summed E-state index contributed by atoms with van der Waals surface area (Å²) in [5.74, 6) is 1.55. The Morgan fingerprint density at radius 3 is 2.15 bits per heavy atom. The maximum Gasteiger partial charge on any atom is 0.246 e. The maximum atomic E-state index is 13.4. The predicted octanol–water partition coefficient (Wildman–Crippen LogP) is 3.63. The van der Waals surface area contributed by atoms with E-state index in [1.807, 2.05) is 29.2 Å². The summed E-state index contributed by atoms with van der Waals surface area (Å²) in [5.41, 5.74) is 0.360. The van der Waals surface area contributed by atoms with Crippen LogP contribution >= 0.6 is 0 Å². The minimum absolute atomic E-state index is 0.00194. The van der Waals surface area contributed by atoms with Crippen molar-refractivity contribution >= 4 is 21.8 Å². The Labute approximate surface area is 231 Å². The van der Waals surface area contributed by atoms with Gasteiger partial charge in [0.1, 0.15) is 23.1 Å². The first-order valence-corrected chi connectivity index (χ1v) is 15.3. The van der Waals surface area contributed by atoms with E-state index in [1.54, 1.807) is 12.1 Å². The first-order valence-electron chi connectivity index (χ1n) is 13.8. The number of unbranched alkanes of at least 4 members (excludes halogenated alkanes) is 1. The fourth-order valence-corrected chi connectivity index (χ4v) is 6.00. The molecule has 0 aliphatic carbocycles. The van der Waals surface area contributed by atoms with E-state index in [0.717, 1.165) is 38.0 Å². The fraction of sp³-hybridized carbons (Fsp3) is 0.517. The molecule has 2 aliphatic rings. The normalized spacial score (nSPS) is 19.9. The number of piperazine rings is 1. The van der Waals surface area contributed by atoms with Gasteiger partial charge in [0, 0.05) is 26.2 Å². The number of sulfonamides is 1. The van der Waals surface area contributed by atoms with Crippen LogP contribution in [0.1, 0.15) is 58.4 Å². The van der Waals surface area contributed by atoms with Gasteiger partial charge in [0.2, 0.25) is 21.8 Å². The maximum absolute atomic E-state index is 13.4. The van der Waals surface area contributed by atoms with Crippen LogP contribution in [0.25, 0.3) is 0 Å². The Hall–Kier alpha value is -2.95. The van der Waals surface area contributed by atoms with Crippen LogP contribution in [0, 0.1) is 5.92 Å². The highest BCUT2D eigenvalue weighted by Crippen LogP contribution is 2.35. The van der Waals surface area contributed by atoms with Crippen LogP contribution in [0.3, 0.4) is 0 Å². The summed E-state index contributed by atoms with van der Waals surface area (Å²) in [6, 6.07) is 13.3. The van der Waals surface area contributed by atoms with E-state index < -0.39 is 21.6 Å². The van der Waals surface area contributed by atoms with Crippen molar-refractivity contribution < 1.29 is 22.7 Å². The number of likely N-dealkylation sites (tertiary alicyclic amines) is 1. The molecular formula is C29H40N4O5S. The molecule has 0 unspecified atom stereocenters. The summed E-state index contributed by atoms with van der Waals surface area (Å²) in [6.45, 7) is 9.08. The lowest BCUT2D eigenvalue weighted by Gasteiger charge is -2.52. The molecule has 3 N–H and O–H groups in total. The Morgan fingerprint density at radius 2 is 1.62 bits per heavy atom. The van der Waals surface area contributed by atoms with Gasteiger partial charge >= 0.3 is 0 Å². The molecule has 2 fully saturated rings. The summed E-state index contributed by atoms with van der Waals surface area (Å²) in [7, 11) is -3.74. The molecule has 4 rings (SSSR count). The number of benzene rings is 2. The molecule has 0 aromatic heterocycles. The predicted molar refractivity (Wildman–Crippen MR) is 150 cm³/mol. The largest absolute Gasteiger partial charge is 0.457 e. The van der Waals surface area contributed by atoms with Crippen molar-refractivity contribution in [3.63, 3.8) is 0 Å². The van der Waals surface area contributed by atoms with E-state index in [-0.39, 0.29) is 16.7 Å². The standard InChI is InChI=1S/C29H40N4O5S/c1-4-5-16-33-27(34)26(19-21(2)3)31-28(35)29(33)14-17-32(18-15-29)20-22-6-8-23(9-7-22)38-24-10-12-25(13-11-24)39(30,36)37/h6-13,21,26H,4-5,14-20H2,1-3H3,(H,31,35)(H2,30,36,37)/t26-/m0/s1. The third-order valence-electron chi connectivity index (χ3n) is 7.65. The number of nitrogens with two attached hydrogens (primary N) is 1. The average molecular weight is 557 g/mol. The number of amides is 2. The van der Waals surface area contributed by atoms with E-state index in [9.17, 15) is 18.0 Å². The molecule has 9 nitrogen and oxygen atoms in total. The molecule has 2 aromatic rings. The zero-order chi connectivity index (χ0) is 28.2. The van der Waals surface area contributed by atoms with E-state index in [2.05, 4.69) is 31.0 Å². The SMILES string of the molecule is CCCCN1C(=O)[C@H](CC(C)C)NC(=O)C12CCN(Cc1ccc(Oc3ccc(S(N)(=O)=O)cc3)cc1)CC2. The molecule has 10 heteroatoms. The lowest BCUT2D eigenvalue weighted by molar-refractivity contribution is -0.161. The molecule has 212 valence electrons. The number of hydrogen-bond acceptors (Lipinski definition) is 6. The molecule has 1 atom stereocenters. The number of primary sulfonamides is 1. The second-order valence-electron chi connectivity index (χ2n) is 11.1. The van der Waals surface area contributed by atoms with Gasteiger partial charge < -0.3 is 15.0 Å². The monoisotopic (exact) mass is 556 g/mol. The lowest BCUT2D eigenvalue weighted by atomic mass is 9.80. The number of nitrogens with zero attached hydrogens (tertiary/aromatic N) is 2. The highest BCUT2D eigenvalue weighted by atomic mass is 32.2. The molecule has 0 saturated carbocycles. The number of rotatable bonds is 10. The zero-order valence-electron chi connectivity index (χ0n) is 23.1. The number of ether oxygens (including phenoxy) is 1. The lowest BCUT2D eigenvalue weighted by Crippen LogP contribution is -2.73. The summed E-state index contributed by atoms with van der Waals surface area (Å²) < 4.78 is 28.7. The number of hydrogen-bond donors (Lipinski definition) is 2. The molecule has 39 heavy (non-hydrogen) atoms. The van der Waals surface area contributed by atoms with Crippen LogP contribution in [0.15, 0.2) is 53.4 Å². The van der Waals surface area contributed by atoms with E-state index in [4.69, 9.17) is 9.88 Å². The molecule has 0 radical (unpaired) electrons. The molecule has 2 heterocycles. The fourth-order valence-electron chi connectivity index (χ4n) is 5.48. The summed E-state index contributed by atoms with van der Waals surface area (Å²) in [4.78, 5) is 31.1. The van der Waals surface area contributed by atoms with Gasteiger partial charge in [0.05, 0.1) is 4.90 Å². The van der Waals surface area contributed by atoms with Crippen molar-refractivity contribution in [1.29, 1.82) is 0 Å². The molecule has 2 saturated heterocycles. The van der Waals surface area contributed by atoms with Gasteiger partial charge in [-0.15, -0.1) is 0 Å². The number of carbonyl (C=O) groups excluding carboxylic acids is 2. The number of nitrogens with one attached hydrogen (secondary N) is 1. The number of piperidine rings is 1. The summed E-state index contributed by atoms with van der Waals surface area (Å²) in [5, 5.41) is 8.21. The van der Waals surface area contributed by atoms with Crippen LogP contribution in [0.5, 0.6) is 11.5 Å². The average Bonchev–Trinajstić information content (AvgIpc) is 2.89. The van der Waals surface area contributed by atoms with E-state index in [1.165, 1.54) is 12.1 Å². The van der Waals surface area contributed by atoms with E-state index in [0.29, 0.717) is 43.2 Å². The second-order valence-corrected chi connectivity index (χ2v) is 12.6. The van der Waals surface area contributed by atoms with Gasteiger partial charge in [-0.3, -0.25) is 14.5 Å². The molecular weight excluding hydrogens is 516 g/mol. The second kappa shape index (κ2) is 12.1. The van der Waals surface area contributed by atoms with Crippen molar-refractivity contribution in [2.24, 2.45) is 11.1 Å². The van der Waals surface area contributed by atoms with Crippen LogP contribution in [0.4, 0.5) is 0 Å². The Morgan fingerprint density at radius 1 is 1.03 bits per heavy atom. The summed E-state index contributed by atoms with van der Waals surface area (Å²) in [6.07, 6.45) is 3.78. The minimum Gasteiger partial charge on any atom is -0.457 e. The first kappa shape index (κ1) is 29.0. The zero-order valence-corrected chi connectivity index (χ0v) is 23.9. The van der Waals surface area contributed by atoms with Gasteiger partial charge in [-0.1, -0.05) is 39.3 Å². The van der Waals surface area contributed by atoms with Gasteiger partial charge in [0.25, 0.3) is 0 Å². The van der Waals surface area contributed by atoms with E-state index >= 15 is 0 Å². The minimum atomic E-state index is -3.74. The van der Waals surface area contributed by atoms with Gasteiger partial charge in [-0.05, 0) is 73.6 Å². The Bertz CT molecular complexity index is 1250. The van der Waals surface area contributed by atoms with Crippen molar-refractivity contribution in [1.82, 2.24) is 15.1 Å². The van der Waals surface area contributed by atoms with Gasteiger partial charge in [-0.25, -0.2) is 13.6 Å². The Kier molecular flexibility index (Phi) is 8.98. The topological polar surface area (TPSA) is 122 Å². The smallest absolute Gasteiger partial charge is 0.246 e. The summed E-state index contributed by atoms with van der Waals surface area (Å²) >= 11 is 0. The van der Waals surface area contributed by atoms with Crippen LogP contribution < -0.4 is 15.2 Å². The molecule has 2 aliphatic heterocycles. The molecule has 2 amide bonds. The van der Waals surface area contributed by atoms with Crippen molar-refractivity contribution in [3.05, 3.63) is 54.1 Å². The first-order chi connectivity index (χ1) is 18.5. The molecule has 0 bridgehead atoms. The highest BCUT2D eigenvalue weighted by molar-refractivity contribution is 7.89. The highest BCUT2D eigenvalue weighted by Gasteiger charge is 2.53. The molecule has 2 aromatic carbocycles. The van der Waals surface area contributed by atoms with Crippen molar-refractivity contribution in [2.75, 3.05) is 19.6 Å². The van der Waals surface area contributed by atoms with Crippen molar-refractivity contribution in [3.8, 4) is 11.5 Å². The van der Waals surface area contributed by atoms with Crippen LogP contribution in [-0.2, 0) is 26.2 Å². The van der Waals surface area contributed by atoms with Crippen LogP contribution in [0.2, 0.25) is 0 Å². The van der Waals surface area contributed by atoms with Gasteiger partial charge in [-0.2, -0.15) is 0 Å². The van der Waals surface area contributed by atoms with Crippen LogP contribution in [-0.4, -0.2) is 61.2 Å². The van der Waals surface area contributed by atoms with Crippen molar-refractivity contribution in [2.45, 2.75) is 75.9 Å².